The largest absolute Gasteiger partial charge is 0.459 e. The predicted molar refractivity (Wildman–Crippen MR) is 90.5 cm³/mol. The first-order chi connectivity index (χ1) is 11.9. The van der Waals surface area contributed by atoms with Crippen molar-refractivity contribution in [1.29, 1.82) is 5.26 Å². The summed E-state index contributed by atoms with van der Waals surface area (Å²) in [5.41, 5.74) is 2.04. The zero-order chi connectivity index (χ0) is 18.0. The second-order valence-electron chi connectivity index (χ2n) is 5.96. The molecular weight excluding hydrogens is 340 g/mol. The molecule has 1 saturated heterocycles. The summed E-state index contributed by atoms with van der Waals surface area (Å²) < 4.78 is 32.5. The Bertz CT molecular complexity index is 900. The van der Waals surface area contributed by atoms with E-state index >= 15 is 0 Å². The zero-order valence-corrected chi connectivity index (χ0v) is 14.8. The zero-order valence-electron chi connectivity index (χ0n) is 14.0. The van der Waals surface area contributed by atoms with Crippen LogP contribution < -0.4 is 4.74 Å². The standard InChI is InChI=1S/C17H18N4O3S/c1-12-9-13(2)20-17(19-12)24-15-7-8-21(11-15)25(22,23)16-5-3-14(10-18)4-6-16/h3-6,9,15H,7-8,11H2,1-2H3. The molecule has 0 spiro atoms. The smallest absolute Gasteiger partial charge is 0.317 e. The van der Waals surface area contributed by atoms with E-state index in [1.165, 1.54) is 28.6 Å². The molecule has 1 atom stereocenters. The van der Waals surface area contributed by atoms with Gasteiger partial charge < -0.3 is 4.74 Å². The summed E-state index contributed by atoms with van der Waals surface area (Å²) in [5, 5.41) is 8.82. The summed E-state index contributed by atoms with van der Waals surface area (Å²) in [7, 11) is -3.60. The van der Waals surface area contributed by atoms with Gasteiger partial charge in [-0.1, -0.05) is 0 Å². The van der Waals surface area contributed by atoms with E-state index in [-0.39, 0.29) is 23.6 Å². The molecule has 1 aliphatic rings. The van der Waals surface area contributed by atoms with E-state index in [4.69, 9.17) is 10.00 Å². The van der Waals surface area contributed by atoms with E-state index in [2.05, 4.69) is 9.97 Å². The fourth-order valence-electron chi connectivity index (χ4n) is 2.76. The van der Waals surface area contributed by atoms with Gasteiger partial charge in [0.1, 0.15) is 6.10 Å². The van der Waals surface area contributed by atoms with Crippen molar-refractivity contribution >= 4 is 10.0 Å². The van der Waals surface area contributed by atoms with Gasteiger partial charge in [-0.15, -0.1) is 0 Å². The summed E-state index contributed by atoms with van der Waals surface area (Å²) in [6, 6.07) is 10.0. The first-order valence-electron chi connectivity index (χ1n) is 7.88. The monoisotopic (exact) mass is 358 g/mol. The number of benzene rings is 1. The van der Waals surface area contributed by atoms with Crippen LogP contribution in [0, 0.1) is 25.2 Å². The number of aromatic nitrogens is 2. The number of hydrogen-bond acceptors (Lipinski definition) is 6. The minimum Gasteiger partial charge on any atom is -0.459 e. The summed E-state index contributed by atoms with van der Waals surface area (Å²) in [5.74, 6) is 0. The molecule has 0 N–H and O–H groups in total. The molecule has 1 unspecified atom stereocenters. The van der Waals surface area contributed by atoms with Gasteiger partial charge in [0.15, 0.2) is 0 Å². The number of aryl methyl sites for hydroxylation is 2. The van der Waals surface area contributed by atoms with Crippen LogP contribution in [0.25, 0.3) is 0 Å². The highest BCUT2D eigenvalue weighted by atomic mass is 32.2. The van der Waals surface area contributed by atoms with E-state index in [0.29, 0.717) is 18.5 Å². The summed E-state index contributed by atoms with van der Waals surface area (Å²) in [6.45, 7) is 4.34. The SMILES string of the molecule is Cc1cc(C)nc(OC2CCN(S(=O)(=O)c3ccc(C#N)cc3)C2)n1. The first-order valence-corrected chi connectivity index (χ1v) is 9.32. The lowest BCUT2D eigenvalue weighted by Crippen LogP contribution is -2.31. The highest BCUT2D eigenvalue weighted by Gasteiger charge is 2.34. The van der Waals surface area contributed by atoms with Crippen LogP contribution in [-0.2, 0) is 10.0 Å². The normalized spacial score (nSPS) is 18.0. The summed E-state index contributed by atoms with van der Waals surface area (Å²) in [4.78, 5) is 8.64. The Balaban J connectivity index is 1.72. The van der Waals surface area contributed by atoms with Gasteiger partial charge in [-0.05, 0) is 50.6 Å². The van der Waals surface area contributed by atoms with E-state index in [1.54, 1.807) is 0 Å². The third-order valence-corrected chi connectivity index (χ3v) is 5.84. The first kappa shape index (κ1) is 17.3. The van der Waals surface area contributed by atoms with Crippen molar-refractivity contribution < 1.29 is 13.2 Å². The summed E-state index contributed by atoms with van der Waals surface area (Å²) >= 11 is 0. The van der Waals surface area contributed by atoms with Crippen molar-refractivity contribution in [3.63, 3.8) is 0 Å². The molecule has 25 heavy (non-hydrogen) atoms. The molecule has 7 nitrogen and oxygen atoms in total. The minimum absolute atomic E-state index is 0.176. The van der Waals surface area contributed by atoms with Crippen LogP contribution in [0.1, 0.15) is 23.4 Å². The maximum Gasteiger partial charge on any atom is 0.317 e. The maximum absolute atomic E-state index is 12.7. The van der Waals surface area contributed by atoms with Gasteiger partial charge in [0.2, 0.25) is 10.0 Å². The second kappa shape index (κ2) is 6.78. The lowest BCUT2D eigenvalue weighted by molar-refractivity contribution is 0.197. The van der Waals surface area contributed by atoms with Crippen LogP contribution in [0.15, 0.2) is 35.2 Å². The molecule has 1 fully saturated rings. The van der Waals surface area contributed by atoms with Crippen molar-refractivity contribution in [3.8, 4) is 12.1 Å². The van der Waals surface area contributed by atoms with E-state index in [9.17, 15) is 8.42 Å². The molecule has 130 valence electrons. The molecule has 1 aromatic heterocycles. The lowest BCUT2D eigenvalue weighted by atomic mass is 10.2. The van der Waals surface area contributed by atoms with Gasteiger partial charge in [0, 0.05) is 17.9 Å². The summed E-state index contributed by atoms with van der Waals surface area (Å²) in [6.07, 6.45) is 0.292. The fraction of sp³-hybridized carbons (Fsp3) is 0.353. The van der Waals surface area contributed by atoms with Crippen molar-refractivity contribution in [2.45, 2.75) is 31.3 Å². The number of rotatable bonds is 4. The second-order valence-corrected chi connectivity index (χ2v) is 7.90. The van der Waals surface area contributed by atoms with Crippen LogP contribution in [0.3, 0.4) is 0 Å². The maximum atomic E-state index is 12.7. The molecule has 0 saturated carbocycles. The molecule has 2 aromatic rings. The fourth-order valence-corrected chi connectivity index (χ4v) is 4.24. The molecule has 0 bridgehead atoms. The molecule has 8 heteroatoms. The quantitative estimate of drug-likeness (QED) is 0.827. The number of sulfonamides is 1. The Morgan fingerprint density at radius 1 is 1.20 bits per heavy atom. The van der Waals surface area contributed by atoms with E-state index < -0.39 is 10.0 Å². The van der Waals surface area contributed by atoms with Gasteiger partial charge >= 0.3 is 6.01 Å². The molecule has 0 amide bonds. The highest BCUT2D eigenvalue weighted by molar-refractivity contribution is 7.89. The topological polar surface area (TPSA) is 96.2 Å². The molecule has 2 heterocycles. The highest BCUT2D eigenvalue weighted by Crippen LogP contribution is 2.23. The Labute approximate surface area is 147 Å². The Morgan fingerprint density at radius 3 is 2.44 bits per heavy atom. The molecule has 0 radical (unpaired) electrons. The van der Waals surface area contributed by atoms with Crippen LogP contribution in [0.4, 0.5) is 0 Å². The van der Waals surface area contributed by atoms with Crippen molar-refractivity contribution in [1.82, 2.24) is 14.3 Å². The number of hydrogen-bond donors (Lipinski definition) is 0. The van der Waals surface area contributed by atoms with Gasteiger partial charge in [-0.2, -0.15) is 9.57 Å². The lowest BCUT2D eigenvalue weighted by Gasteiger charge is -2.17. The molecular formula is C17H18N4O3S. The Hall–Kier alpha value is -2.50. The van der Waals surface area contributed by atoms with Crippen LogP contribution in [0.5, 0.6) is 6.01 Å². The molecule has 1 aliphatic heterocycles. The van der Waals surface area contributed by atoms with Gasteiger partial charge in [0.05, 0.1) is 23.1 Å². The van der Waals surface area contributed by atoms with E-state index in [1.807, 2.05) is 26.0 Å². The van der Waals surface area contributed by atoms with Gasteiger partial charge in [0.25, 0.3) is 0 Å². The van der Waals surface area contributed by atoms with E-state index in [0.717, 1.165) is 11.4 Å². The Morgan fingerprint density at radius 2 is 1.84 bits per heavy atom. The average Bonchev–Trinajstić information content (AvgIpc) is 3.03. The van der Waals surface area contributed by atoms with Crippen molar-refractivity contribution in [2.75, 3.05) is 13.1 Å². The minimum atomic E-state index is -3.60. The van der Waals surface area contributed by atoms with Gasteiger partial charge in [-0.3, -0.25) is 0 Å². The van der Waals surface area contributed by atoms with Crippen molar-refractivity contribution in [2.24, 2.45) is 0 Å². The molecule has 1 aromatic carbocycles. The molecule has 0 aliphatic carbocycles. The third-order valence-electron chi connectivity index (χ3n) is 3.96. The number of nitrogens with zero attached hydrogens (tertiary/aromatic N) is 4. The average molecular weight is 358 g/mol. The molecule has 3 rings (SSSR count). The number of nitriles is 1. The van der Waals surface area contributed by atoms with Crippen LogP contribution in [0.2, 0.25) is 0 Å². The van der Waals surface area contributed by atoms with Crippen molar-refractivity contribution in [3.05, 3.63) is 47.3 Å². The third kappa shape index (κ3) is 3.78. The number of ether oxygens (including phenoxy) is 1. The Kier molecular flexibility index (Phi) is 4.70. The van der Waals surface area contributed by atoms with Gasteiger partial charge in [-0.25, -0.2) is 18.4 Å². The van der Waals surface area contributed by atoms with Crippen LogP contribution in [-0.4, -0.2) is 41.9 Å². The predicted octanol–water partition coefficient (Wildman–Crippen LogP) is 1.81. The van der Waals surface area contributed by atoms with Crippen LogP contribution >= 0.6 is 0 Å².